The van der Waals surface area contributed by atoms with E-state index in [0.717, 1.165) is 36.8 Å². The summed E-state index contributed by atoms with van der Waals surface area (Å²) < 4.78 is 18.9. The number of rotatable bonds is 5. The zero-order valence-electron chi connectivity index (χ0n) is 10.1. The van der Waals surface area contributed by atoms with Crippen molar-refractivity contribution >= 4 is 11.0 Å². The Hall–Kier alpha value is -1.35. The Kier molecular flexibility index (Phi) is 3.79. The van der Waals surface area contributed by atoms with Gasteiger partial charge in [-0.1, -0.05) is 25.5 Å². The predicted octanol–water partition coefficient (Wildman–Crippen LogP) is 3.63. The van der Waals surface area contributed by atoms with E-state index in [4.69, 9.17) is 10.2 Å². The van der Waals surface area contributed by atoms with Gasteiger partial charge in [0, 0.05) is 17.8 Å². The molecule has 2 nitrogen and oxygen atoms in total. The van der Waals surface area contributed by atoms with Gasteiger partial charge in [0.2, 0.25) is 0 Å². The number of benzene rings is 1. The summed E-state index contributed by atoms with van der Waals surface area (Å²) in [6, 6.07) is 7.07. The summed E-state index contributed by atoms with van der Waals surface area (Å²) in [5.41, 5.74) is 6.29. The predicted molar refractivity (Wildman–Crippen MR) is 67.4 cm³/mol. The molecule has 1 atom stereocenters. The fourth-order valence-corrected chi connectivity index (χ4v) is 2.05. The maximum Gasteiger partial charge on any atom is 0.169 e. The van der Waals surface area contributed by atoms with Crippen LogP contribution in [0.2, 0.25) is 0 Å². The highest BCUT2D eigenvalue weighted by Crippen LogP contribution is 2.23. The molecule has 0 bridgehead atoms. The summed E-state index contributed by atoms with van der Waals surface area (Å²) in [6.45, 7) is 2.12. The summed E-state index contributed by atoms with van der Waals surface area (Å²) in [5, 5.41) is 0.823. The summed E-state index contributed by atoms with van der Waals surface area (Å²) in [4.78, 5) is 0. The molecule has 1 aromatic heterocycles. The normalized spacial score (nSPS) is 13.1. The first-order chi connectivity index (χ1) is 8.20. The van der Waals surface area contributed by atoms with Gasteiger partial charge in [-0.15, -0.1) is 0 Å². The molecule has 0 fully saturated rings. The lowest BCUT2D eigenvalue weighted by Crippen LogP contribution is -2.19. The molecule has 3 heteroatoms. The number of para-hydroxylation sites is 1. The Balaban J connectivity index is 2.07. The third-order valence-corrected chi connectivity index (χ3v) is 2.97. The molecule has 2 aromatic rings. The maximum atomic E-state index is 13.4. The van der Waals surface area contributed by atoms with Crippen molar-refractivity contribution in [2.75, 3.05) is 0 Å². The first-order valence-electron chi connectivity index (χ1n) is 6.13. The minimum atomic E-state index is -0.299. The molecule has 92 valence electrons. The van der Waals surface area contributed by atoms with Crippen LogP contribution < -0.4 is 5.73 Å². The molecule has 0 saturated carbocycles. The molecule has 0 saturated heterocycles. The Labute approximate surface area is 101 Å². The number of fused-ring (bicyclic) bond motifs is 1. The lowest BCUT2D eigenvalue weighted by atomic mass is 10.1. The van der Waals surface area contributed by atoms with Crippen molar-refractivity contribution in [1.82, 2.24) is 0 Å². The first kappa shape index (κ1) is 12.1. The van der Waals surface area contributed by atoms with Crippen molar-refractivity contribution in [2.45, 2.75) is 38.6 Å². The number of nitrogens with two attached hydrogens (primary N) is 1. The molecule has 0 amide bonds. The van der Waals surface area contributed by atoms with E-state index in [1.165, 1.54) is 6.07 Å². The monoisotopic (exact) mass is 235 g/mol. The van der Waals surface area contributed by atoms with Crippen LogP contribution in [0.15, 0.2) is 28.7 Å². The number of aryl methyl sites for hydroxylation is 1. The van der Waals surface area contributed by atoms with Crippen molar-refractivity contribution in [2.24, 2.45) is 5.73 Å². The van der Waals surface area contributed by atoms with Gasteiger partial charge in [0.1, 0.15) is 5.76 Å². The lowest BCUT2D eigenvalue weighted by molar-refractivity contribution is 0.485. The lowest BCUT2D eigenvalue weighted by Gasteiger charge is -2.07. The molecule has 1 unspecified atom stereocenters. The van der Waals surface area contributed by atoms with E-state index in [1.54, 1.807) is 6.07 Å². The van der Waals surface area contributed by atoms with Crippen LogP contribution in [0.4, 0.5) is 4.39 Å². The van der Waals surface area contributed by atoms with Gasteiger partial charge < -0.3 is 10.2 Å². The number of furan rings is 1. The van der Waals surface area contributed by atoms with E-state index in [-0.39, 0.29) is 11.9 Å². The molecule has 0 aliphatic rings. The molecular weight excluding hydrogens is 217 g/mol. The Morgan fingerprint density at radius 2 is 2.18 bits per heavy atom. The van der Waals surface area contributed by atoms with Crippen LogP contribution in [0.3, 0.4) is 0 Å². The van der Waals surface area contributed by atoms with Crippen molar-refractivity contribution < 1.29 is 8.81 Å². The third-order valence-electron chi connectivity index (χ3n) is 2.97. The highest BCUT2D eigenvalue weighted by atomic mass is 19.1. The van der Waals surface area contributed by atoms with E-state index in [0.29, 0.717) is 5.58 Å². The van der Waals surface area contributed by atoms with Crippen LogP contribution in [-0.2, 0) is 6.42 Å². The van der Waals surface area contributed by atoms with Crippen molar-refractivity contribution in [3.05, 3.63) is 35.8 Å². The van der Waals surface area contributed by atoms with E-state index in [2.05, 4.69) is 6.92 Å². The molecule has 1 heterocycles. The molecule has 2 rings (SSSR count). The summed E-state index contributed by atoms with van der Waals surface area (Å²) >= 11 is 0. The van der Waals surface area contributed by atoms with E-state index in [1.807, 2.05) is 12.1 Å². The smallest absolute Gasteiger partial charge is 0.169 e. The molecule has 1 aromatic carbocycles. The topological polar surface area (TPSA) is 39.2 Å². The van der Waals surface area contributed by atoms with Crippen LogP contribution in [0.25, 0.3) is 11.0 Å². The van der Waals surface area contributed by atoms with Gasteiger partial charge in [0.15, 0.2) is 11.4 Å². The Morgan fingerprint density at radius 3 is 2.88 bits per heavy atom. The molecule has 17 heavy (non-hydrogen) atoms. The van der Waals surface area contributed by atoms with E-state index >= 15 is 0 Å². The van der Waals surface area contributed by atoms with Gasteiger partial charge in [-0.2, -0.15) is 0 Å². The van der Waals surface area contributed by atoms with Crippen molar-refractivity contribution in [1.29, 1.82) is 0 Å². The Morgan fingerprint density at radius 1 is 1.35 bits per heavy atom. The fourth-order valence-electron chi connectivity index (χ4n) is 2.05. The second-order valence-electron chi connectivity index (χ2n) is 4.46. The maximum absolute atomic E-state index is 13.4. The summed E-state index contributed by atoms with van der Waals surface area (Å²) in [6.07, 6.45) is 3.77. The summed E-state index contributed by atoms with van der Waals surface area (Å²) in [7, 11) is 0. The highest BCUT2D eigenvalue weighted by molar-refractivity contribution is 5.78. The first-order valence-corrected chi connectivity index (χ1v) is 6.13. The van der Waals surface area contributed by atoms with Gasteiger partial charge in [0.25, 0.3) is 0 Å². The number of hydrogen-bond acceptors (Lipinski definition) is 2. The van der Waals surface area contributed by atoms with Crippen LogP contribution in [0.1, 0.15) is 31.9 Å². The second kappa shape index (κ2) is 5.32. The van der Waals surface area contributed by atoms with Crippen LogP contribution in [0.5, 0.6) is 0 Å². The van der Waals surface area contributed by atoms with Gasteiger partial charge in [-0.05, 0) is 25.0 Å². The molecule has 0 aliphatic heterocycles. The summed E-state index contributed by atoms with van der Waals surface area (Å²) in [5.74, 6) is 0.517. The fraction of sp³-hybridized carbons (Fsp3) is 0.429. The van der Waals surface area contributed by atoms with Crippen LogP contribution in [0, 0.1) is 5.82 Å². The minimum Gasteiger partial charge on any atom is -0.458 e. The average molecular weight is 235 g/mol. The second-order valence-corrected chi connectivity index (χ2v) is 4.46. The van der Waals surface area contributed by atoms with E-state index < -0.39 is 0 Å². The largest absolute Gasteiger partial charge is 0.458 e. The quantitative estimate of drug-likeness (QED) is 0.859. The number of halogens is 1. The molecule has 0 radical (unpaired) electrons. The molecule has 2 N–H and O–H groups in total. The highest BCUT2D eigenvalue weighted by Gasteiger charge is 2.09. The zero-order chi connectivity index (χ0) is 12.3. The SMILES string of the molecule is CCCC(N)CCc1cc2cccc(F)c2o1. The van der Waals surface area contributed by atoms with Gasteiger partial charge in [0.05, 0.1) is 0 Å². The average Bonchev–Trinajstić information content (AvgIpc) is 2.71. The minimum absolute atomic E-state index is 0.207. The van der Waals surface area contributed by atoms with Crippen LogP contribution >= 0.6 is 0 Å². The van der Waals surface area contributed by atoms with Crippen molar-refractivity contribution in [3.63, 3.8) is 0 Å². The Bertz CT molecular complexity index is 492. The third kappa shape index (κ3) is 2.86. The molecular formula is C14H18FNO. The van der Waals surface area contributed by atoms with Crippen molar-refractivity contribution in [3.8, 4) is 0 Å². The molecule has 0 spiro atoms. The standard InChI is InChI=1S/C14H18FNO/c1-2-4-11(16)7-8-12-9-10-5-3-6-13(15)14(10)17-12/h3,5-6,9,11H,2,4,7-8,16H2,1H3. The van der Waals surface area contributed by atoms with Gasteiger partial charge in [-0.25, -0.2) is 4.39 Å². The van der Waals surface area contributed by atoms with E-state index in [9.17, 15) is 4.39 Å². The van der Waals surface area contributed by atoms with Gasteiger partial charge >= 0.3 is 0 Å². The van der Waals surface area contributed by atoms with Crippen LogP contribution in [-0.4, -0.2) is 6.04 Å². The number of hydrogen-bond donors (Lipinski definition) is 1. The molecule has 0 aliphatic carbocycles. The van der Waals surface area contributed by atoms with Gasteiger partial charge in [-0.3, -0.25) is 0 Å². The zero-order valence-corrected chi connectivity index (χ0v) is 10.1.